The van der Waals surface area contributed by atoms with Gasteiger partial charge in [-0.1, -0.05) is 15.9 Å². The predicted octanol–water partition coefficient (Wildman–Crippen LogP) is 3.64. The molecule has 2 rings (SSSR count). The molecule has 0 unspecified atom stereocenters. The van der Waals surface area contributed by atoms with E-state index < -0.39 is 0 Å². The van der Waals surface area contributed by atoms with Crippen LogP contribution >= 0.6 is 15.9 Å². The molecule has 0 aromatic heterocycles. The minimum absolute atomic E-state index is 0.158. The van der Waals surface area contributed by atoms with E-state index in [0.29, 0.717) is 0 Å². The first kappa shape index (κ1) is 11.6. The van der Waals surface area contributed by atoms with Crippen molar-refractivity contribution in [2.45, 2.75) is 32.2 Å². The van der Waals surface area contributed by atoms with Gasteiger partial charge in [0.2, 0.25) is 0 Å². The summed E-state index contributed by atoms with van der Waals surface area (Å²) >= 11 is 3.40. The molecule has 1 aromatic rings. The smallest absolute Gasteiger partial charge is 0.152 e. The van der Waals surface area contributed by atoms with Gasteiger partial charge in [-0.15, -0.1) is 0 Å². The third-order valence-corrected chi connectivity index (χ3v) is 3.80. The monoisotopic (exact) mass is 281 g/mol. The fourth-order valence-electron chi connectivity index (χ4n) is 2.42. The van der Waals surface area contributed by atoms with E-state index in [-0.39, 0.29) is 5.54 Å². The molecule has 0 N–H and O–H groups in total. The van der Waals surface area contributed by atoms with E-state index in [1.54, 1.807) is 0 Å². The fraction of sp³-hybridized carbons (Fsp3) is 0.462. The number of hydrogen-bond donors (Lipinski definition) is 0. The van der Waals surface area contributed by atoms with Crippen LogP contribution in [0.15, 0.2) is 22.7 Å². The van der Waals surface area contributed by atoms with Crippen LogP contribution in [0.25, 0.3) is 0 Å². The molecule has 0 radical (unpaired) electrons. The van der Waals surface area contributed by atoms with Gasteiger partial charge in [-0.25, -0.2) is 0 Å². The Balaban J connectivity index is 2.44. The Bertz CT molecular complexity index is 414. The highest BCUT2D eigenvalue weighted by Crippen LogP contribution is 2.35. The molecule has 0 spiro atoms. The summed E-state index contributed by atoms with van der Waals surface area (Å²) in [5.74, 6) is 0. The van der Waals surface area contributed by atoms with Crippen LogP contribution in [0.5, 0.6) is 0 Å². The second-order valence-electron chi connectivity index (χ2n) is 4.89. The molecule has 2 nitrogen and oxygen atoms in total. The van der Waals surface area contributed by atoms with Crippen LogP contribution in [-0.4, -0.2) is 18.4 Å². The molecule has 1 fully saturated rings. The van der Waals surface area contributed by atoms with Gasteiger partial charge in [-0.2, -0.15) is 0 Å². The van der Waals surface area contributed by atoms with Gasteiger partial charge in [-0.3, -0.25) is 4.79 Å². The highest BCUT2D eigenvalue weighted by atomic mass is 79.9. The molecule has 0 aliphatic carbocycles. The van der Waals surface area contributed by atoms with E-state index >= 15 is 0 Å². The number of anilines is 1. The van der Waals surface area contributed by atoms with Gasteiger partial charge in [0.05, 0.1) is 0 Å². The highest BCUT2D eigenvalue weighted by Gasteiger charge is 2.32. The van der Waals surface area contributed by atoms with E-state index in [1.807, 2.05) is 18.2 Å². The van der Waals surface area contributed by atoms with Gasteiger partial charge in [0.25, 0.3) is 0 Å². The topological polar surface area (TPSA) is 20.3 Å². The minimum atomic E-state index is 0.158. The number of rotatable bonds is 2. The molecule has 86 valence electrons. The Morgan fingerprint density at radius 3 is 2.75 bits per heavy atom. The molecule has 3 heteroatoms. The van der Waals surface area contributed by atoms with Crippen LogP contribution in [0.2, 0.25) is 0 Å². The van der Waals surface area contributed by atoms with Crippen LogP contribution in [0, 0.1) is 0 Å². The molecule has 0 saturated carbocycles. The summed E-state index contributed by atoms with van der Waals surface area (Å²) in [5, 5.41) is 0. The highest BCUT2D eigenvalue weighted by molar-refractivity contribution is 9.10. The number of aldehydes is 1. The van der Waals surface area contributed by atoms with E-state index in [9.17, 15) is 4.79 Å². The normalized spacial score (nSPS) is 18.8. The number of carbonyl (C=O) groups is 1. The van der Waals surface area contributed by atoms with E-state index in [2.05, 4.69) is 34.7 Å². The average molecular weight is 282 g/mol. The molecule has 1 aliphatic rings. The van der Waals surface area contributed by atoms with Gasteiger partial charge in [0.15, 0.2) is 6.29 Å². The zero-order valence-corrected chi connectivity index (χ0v) is 11.3. The van der Waals surface area contributed by atoms with Gasteiger partial charge in [-0.05, 0) is 44.9 Å². The maximum absolute atomic E-state index is 11.1. The van der Waals surface area contributed by atoms with Crippen molar-refractivity contribution in [2.24, 2.45) is 0 Å². The molecular formula is C13H16BrNO. The van der Waals surface area contributed by atoms with Crippen LogP contribution in [0.4, 0.5) is 5.69 Å². The van der Waals surface area contributed by atoms with Gasteiger partial charge < -0.3 is 4.90 Å². The van der Waals surface area contributed by atoms with Crippen LogP contribution in [0.3, 0.4) is 0 Å². The second kappa shape index (κ2) is 4.21. The molecule has 1 aromatic carbocycles. The molecule has 16 heavy (non-hydrogen) atoms. The first-order valence-electron chi connectivity index (χ1n) is 5.57. The average Bonchev–Trinajstić information content (AvgIpc) is 2.58. The van der Waals surface area contributed by atoms with Crippen molar-refractivity contribution in [2.75, 3.05) is 11.4 Å². The van der Waals surface area contributed by atoms with Gasteiger partial charge in [0.1, 0.15) is 0 Å². The number of hydrogen-bond acceptors (Lipinski definition) is 2. The maximum atomic E-state index is 11.1. The Morgan fingerprint density at radius 2 is 2.19 bits per heavy atom. The van der Waals surface area contributed by atoms with Gasteiger partial charge >= 0.3 is 0 Å². The standard InChI is InChI=1S/C13H16BrNO/c1-13(2)6-3-7-15(13)12-5-4-11(14)8-10(12)9-16/h4-5,8-9H,3,6-7H2,1-2H3. The largest absolute Gasteiger partial charge is 0.366 e. The van der Waals surface area contributed by atoms with Crippen molar-refractivity contribution in [3.05, 3.63) is 28.2 Å². The fourth-order valence-corrected chi connectivity index (χ4v) is 2.80. The molecule has 0 atom stereocenters. The van der Waals surface area contributed by atoms with Crippen molar-refractivity contribution in [3.8, 4) is 0 Å². The number of nitrogens with zero attached hydrogens (tertiary/aromatic N) is 1. The third kappa shape index (κ3) is 2.01. The number of halogens is 1. The lowest BCUT2D eigenvalue weighted by Gasteiger charge is -2.34. The summed E-state index contributed by atoms with van der Waals surface area (Å²) in [5.41, 5.74) is 1.98. The first-order chi connectivity index (χ1) is 7.54. The van der Waals surface area contributed by atoms with Crippen molar-refractivity contribution in [1.29, 1.82) is 0 Å². The van der Waals surface area contributed by atoms with Crippen molar-refractivity contribution < 1.29 is 4.79 Å². The first-order valence-corrected chi connectivity index (χ1v) is 6.36. The van der Waals surface area contributed by atoms with Crippen LogP contribution in [-0.2, 0) is 0 Å². The van der Waals surface area contributed by atoms with E-state index in [4.69, 9.17) is 0 Å². The van der Waals surface area contributed by atoms with E-state index in [0.717, 1.165) is 28.6 Å². The predicted molar refractivity (Wildman–Crippen MR) is 70.2 cm³/mol. The number of carbonyl (C=O) groups excluding carboxylic acids is 1. The molecule has 1 saturated heterocycles. The zero-order valence-electron chi connectivity index (χ0n) is 9.66. The quantitative estimate of drug-likeness (QED) is 0.772. The molecule has 0 bridgehead atoms. The van der Waals surface area contributed by atoms with Crippen LogP contribution < -0.4 is 4.90 Å². The lowest BCUT2D eigenvalue weighted by atomic mass is 10.0. The molecular weight excluding hydrogens is 266 g/mol. The molecule has 1 heterocycles. The zero-order chi connectivity index (χ0) is 11.8. The molecule has 1 aliphatic heterocycles. The summed E-state index contributed by atoms with van der Waals surface area (Å²) in [6.07, 6.45) is 3.32. The van der Waals surface area contributed by atoms with Crippen molar-refractivity contribution in [3.63, 3.8) is 0 Å². The SMILES string of the molecule is CC1(C)CCCN1c1ccc(Br)cc1C=O. The minimum Gasteiger partial charge on any atom is -0.366 e. The molecule has 0 amide bonds. The third-order valence-electron chi connectivity index (χ3n) is 3.31. The maximum Gasteiger partial charge on any atom is 0.152 e. The summed E-state index contributed by atoms with van der Waals surface area (Å²) in [6, 6.07) is 5.91. The Hall–Kier alpha value is -0.830. The second-order valence-corrected chi connectivity index (χ2v) is 5.80. The summed E-state index contributed by atoms with van der Waals surface area (Å²) in [7, 11) is 0. The Labute approximate surface area is 105 Å². The lowest BCUT2D eigenvalue weighted by molar-refractivity contribution is 0.112. The van der Waals surface area contributed by atoms with Crippen molar-refractivity contribution >= 4 is 27.9 Å². The number of benzene rings is 1. The summed E-state index contributed by atoms with van der Waals surface area (Å²) in [4.78, 5) is 13.4. The van der Waals surface area contributed by atoms with E-state index in [1.165, 1.54) is 12.8 Å². The lowest BCUT2D eigenvalue weighted by Crippen LogP contribution is -2.38. The van der Waals surface area contributed by atoms with Crippen molar-refractivity contribution in [1.82, 2.24) is 0 Å². The van der Waals surface area contributed by atoms with Gasteiger partial charge in [0, 0.05) is 27.8 Å². The van der Waals surface area contributed by atoms with Crippen LogP contribution in [0.1, 0.15) is 37.0 Å². The Morgan fingerprint density at radius 1 is 1.44 bits per heavy atom. The summed E-state index contributed by atoms with van der Waals surface area (Å²) in [6.45, 7) is 5.50. The Kier molecular flexibility index (Phi) is 3.06. The summed E-state index contributed by atoms with van der Waals surface area (Å²) < 4.78 is 0.954.